The minimum absolute atomic E-state index is 0.162. The Bertz CT molecular complexity index is 1090. The lowest BCUT2D eigenvalue weighted by Crippen LogP contribution is -2.33. The highest BCUT2D eigenvalue weighted by Gasteiger charge is 2.34. The third-order valence-electron chi connectivity index (χ3n) is 3.74. The van der Waals surface area contributed by atoms with Crippen LogP contribution < -0.4 is 10.4 Å². The highest BCUT2D eigenvalue weighted by atomic mass is 19.1. The van der Waals surface area contributed by atoms with Crippen LogP contribution in [0.2, 0.25) is 0 Å². The summed E-state index contributed by atoms with van der Waals surface area (Å²) in [5, 5.41) is -0.135. The molecule has 0 saturated carbocycles. The van der Waals surface area contributed by atoms with Gasteiger partial charge in [0.15, 0.2) is 17.1 Å². The number of hydrogen-bond donors (Lipinski definition) is 0. The number of fused-ring (bicyclic) bond motifs is 1. The van der Waals surface area contributed by atoms with E-state index in [0.29, 0.717) is 6.07 Å². The molecule has 12 heteroatoms. The highest BCUT2D eigenvalue weighted by Crippen LogP contribution is 2.29. The minimum atomic E-state index is -1.42. The summed E-state index contributed by atoms with van der Waals surface area (Å²) in [4.78, 5) is 62.4. The predicted octanol–water partition coefficient (Wildman–Crippen LogP) is 1.19. The number of carbonyl (C=O) groups is 4. The van der Waals surface area contributed by atoms with E-state index in [1.54, 1.807) is 0 Å². The van der Waals surface area contributed by atoms with Crippen molar-refractivity contribution in [2.45, 2.75) is 19.8 Å². The topological polar surface area (TPSA) is 129 Å². The summed E-state index contributed by atoms with van der Waals surface area (Å²) in [7, 11) is 0. The van der Waals surface area contributed by atoms with Gasteiger partial charge >= 0.3 is 17.6 Å². The smallest absolute Gasteiger partial charge is 0.371 e. The van der Waals surface area contributed by atoms with E-state index in [1.807, 2.05) is 0 Å². The fourth-order valence-electron chi connectivity index (χ4n) is 2.41. The molecule has 0 N–H and O–H groups in total. The number of imide groups is 1. The lowest BCUT2D eigenvalue weighted by Gasteiger charge is -2.12. The zero-order valence-corrected chi connectivity index (χ0v) is 14.7. The predicted molar refractivity (Wildman–Crippen MR) is 86.2 cm³/mol. The first-order chi connectivity index (χ1) is 13.7. The molecule has 1 aliphatic rings. The van der Waals surface area contributed by atoms with Crippen LogP contribution in [0, 0.1) is 11.6 Å². The summed E-state index contributed by atoms with van der Waals surface area (Å²) in [6.45, 7) is 0.264. The fraction of sp³-hybridized carbons (Fsp3) is 0.235. The van der Waals surface area contributed by atoms with Crippen molar-refractivity contribution in [1.29, 1.82) is 0 Å². The third kappa shape index (κ3) is 3.90. The summed E-state index contributed by atoms with van der Waals surface area (Å²) in [6, 6.07) is 1.48. The van der Waals surface area contributed by atoms with Crippen LogP contribution >= 0.6 is 0 Å². The SMILES string of the molecule is CC(=O)OCOc1c(F)cc2cc(C(=O)ON3C(=O)CCC3=O)c(=O)oc2c1F. The molecule has 2 heterocycles. The molecule has 0 unspecified atom stereocenters. The molecular formula is C17H11F2NO9. The van der Waals surface area contributed by atoms with Crippen molar-refractivity contribution >= 4 is 34.7 Å². The average molecular weight is 411 g/mol. The molecule has 1 fully saturated rings. The molecule has 3 rings (SSSR count). The lowest BCUT2D eigenvalue weighted by atomic mass is 10.1. The van der Waals surface area contributed by atoms with E-state index in [0.717, 1.165) is 13.0 Å². The maximum atomic E-state index is 14.4. The normalized spacial score (nSPS) is 13.7. The number of hydrogen-bond acceptors (Lipinski definition) is 9. The Morgan fingerprint density at radius 1 is 1.14 bits per heavy atom. The van der Waals surface area contributed by atoms with Gasteiger partial charge in [0, 0.05) is 25.2 Å². The van der Waals surface area contributed by atoms with E-state index in [-0.39, 0.29) is 23.3 Å². The Morgan fingerprint density at radius 2 is 1.79 bits per heavy atom. The average Bonchev–Trinajstić information content (AvgIpc) is 2.96. The zero-order chi connectivity index (χ0) is 21.3. The summed E-state index contributed by atoms with van der Waals surface area (Å²) >= 11 is 0. The maximum absolute atomic E-state index is 14.4. The van der Waals surface area contributed by atoms with Crippen molar-refractivity contribution in [2.24, 2.45) is 0 Å². The van der Waals surface area contributed by atoms with Crippen LogP contribution in [0.25, 0.3) is 11.0 Å². The van der Waals surface area contributed by atoms with Crippen molar-refractivity contribution in [3.05, 3.63) is 39.8 Å². The Morgan fingerprint density at radius 3 is 2.41 bits per heavy atom. The molecule has 0 spiro atoms. The monoisotopic (exact) mass is 411 g/mol. The first-order valence-corrected chi connectivity index (χ1v) is 7.99. The van der Waals surface area contributed by atoms with Crippen LogP contribution in [0.5, 0.6) is 5.75 Å². The van der Waals surface area contributed by atoms with Gasteiger partial charge < -0.3 is 18.7 Å². The Kier molecular flexibility index (Phi) is 5.26. The number of benzene rings is 1. The summed E-state index contributed by atoms with van der Waals surface area (Å²) in [5.41, 5.74) is -2.89. The van der Waals surface area contributed by atoms with Gasteiger partial charge in [0.2, 0.25) is 12.6 Å². The van der Waals surface area contributed by atoms with Crippen LogP contribution in [-0.4, -0.2) is 35.6 Å². The molecule has 1 aliphatic heterocycles. The van der Waals surface area contributed by atoms with Gasteiger partial charge in [-0.15, -0.1) is 5.06 Å². The van der Waals surface area contributed by atoms with Crippen molar-refractivity contribution in [1.82, 2.24) is 5.06 Å². The van der Waals surface area contributed by atoms with Gasteiger partial charge in [0.05, 0.1) is 0 Å². The second-order valence-electron chi connectivity index (χ2n) is 5.73. The molecule has 0 bridgehead atoms. The van der Waals surface area contributed by atoms with Crippen LogP contribution in [0.3, 0.4) is 0 Å². The summed E-state index contributed by atoms with van der Waals surface area (Å²) in [5.74, 6) is -7.34. The minimum Gasteiger partial charge on any atom is -0.451 e. The van der Waals surface area contributed by atoms with Crippen LogP contribution in [0.15, 0.2) is 21.3 Å². The number of esters is 1. The number of carbonyl (C=O) groups excluding carboxylic acids is 4. The number of amides is 2. The van der Waals surface area contributed by atoms with Gasteiger partial charge in [-0.3, -0.25) is 14.4 Å². The lowest BCUT2D eigenvalue weighted by molar-refractivity contribution is -0.172. The molecule has 0 aliphatic carbocycles. The largest absolute Gasteiger partial charge is 0.451 e. The Hall–Kier alpha value is -3.83. The molecule has 1 saturated heterocycles. The second-order valence-corrected chi connectivity index (χ2v) is 5.73. The van der Waals surface area contributed by atoms with Crippen LogP contribution in [-0.2, 0) is 24.0 Å². The van der Waals surface area contributed by atoms with Gasteiger partial charge in [-0.25, -0.2) is 14.0 Å². The molecule has 1 aromatic carbocycles. The van der Waals surface area contributed by atoms with Crippen molar-refractivity contribution in [3.63, 3.8) is 0 Å². The van der Waals surface area contributed by atoms with E-state index in [9.17, 15) is 32.8 Å². The van der Waals surface area contributed by atoms with E-state index in [2.05, 4.69) is 14.3 Å². The third-order valence-corrected chi connectivity index (χ3v) is 3.74. The molecule has 29 heavy (non-hydrogen) atoms. The van der Waals surface area contributed by atoms with Crippen LogP contribution in [0.1, 0.15) is 30.1 Å². The first-order valence-electron chi connectivity index (χ1n) is 7.99. The van der Waals surface area contributed by atoms with Crippen molar-refractivity contribution in [2.75, 3.05) is 6.79 Å². The van der Waals surface area contributed by atoms with E-state index < -0.39 is 64.7 Å². The molecule has 152 valence electrons. The molecule has 2 amide bonds. The molecular weight excluding hydrogens is 400 g/mol. The Labute approximate surface area is 159 Å². The highest BCUT2D eigenvalue weighted by molar-refractivity contribution is 6.03. The fourth-order valence-corrected chi connectivity index (χ4v) is 2.41. The van der Waals surface area contributed by atoms with Gasteiger partial charge in [0.1, 0.15) is 5.56 Å². The number of hydroxylamine groups is 2. The quantitative estimate of drug-likeness (QED) is 0.308. The van der Waals surface area contributed by atoms with Gasteiger partial charge in [0.25, 0.3) is 11.8 Å². The number of nitrogens with zero attached hydrogens (tertiary/aromatic N) is 1. The van der Waals surface area contributed by atoms with Gasteiger partial charge in [-0.05, 0) is 12.1 Å². The van der Waals surface area contributed by atoms with Gasteiger partial charge in [-0.2, -0.15) is 4.39 Å². The maximum Gasteiger partial charge on any atom is 0.371 e. The molecule has 1 aromatic heterocycles. The van der Waals surface area contributed by atoms with E-state index >= 15 is 0 Å². The number of rotatable bonds is 5. The Balaban J connectivity index is 1.93. The summed E-state index contributed by atoms with van der Waals surface area (Å²) < 4.78 is 42.4. The number of halogens is 2. The second kappa shape index (κ2) is 7.66. The molecule has 2 aromatic rings. The van der Waals surface area contributed by atoms with E-state index in [1.165, 1.54) is 0 Å². The van der Waals surface area contributed by atoms with E-state index in [4.69, 9.17) is 4.42 Å². The van der Waals surface area contributed by atoms with Crippen molar-refractivity contribution in [3.8, 4) is 5.75 Å². The molecule has 0 radical (unpaired) electrons. The molecule has 0 atom stereocenters. The summed E-state index contributed by atoms with van der Waals surface area (Å²) in [6.07, 6.45) is -0.323. The van der Waals surface area contributed by atoms with Gasteiger partial charge in [-0.1, -0.05) is 0 Å². The zero-order valence-electron chi connectivity index (χ0n) is 14.7. The van der Waals surface area contributed by atoms with Crippen LogP contribution in [0.4, 0.5) is 8.78 Å². The standard InChI is InChI=1S/C17H11F2NO9/c1-7(21)26-6-27-15-10(18)5-8-4-9(16(24)28-14(8)13(15)19)17(25)29-20-11(22)2-3-12(20)23/h4-5H,2-3,6H2,1H3. The van der Waals surface area contributed by atoms with Crippen molar-refractivity contribution < 1.29 is 46.7 Å². The molecule has 10 nitrogen and oxygen atoms in total. The number of ether oxygens (including phenoxy) is 2. The first kappa shape index (κ1) is 19.9.